The monoisotopic (exact) mass is 1620 g/mol. The molecule has 5 aliphatic heterocycles. The van der Waals surface area contributed by atoms with Crippen molar-refractivity contribution < 1.29 is 84.1 Å². The number of amides is 1. The summed E-state index contributed by atoms with van der Waals surface area (Å²) in [5.41, 5.74) is -6.32. The van der Waals surface area contributed by atoms with Crippen molar-refractivity contribution in [3.8, 4) is 0 Å². The number of methoxy groups -OCH3 is 1. The summed E-state index contributed by atoms with van der Waals surface area (Å²) < 4.78 is 91.0. The number of ether oxygens (including phenoxy) is 6. The van der Waals surface area contributed by atoms with Gasteiger partial charge in [-0.2, -0.15) is 4.98 Å². The minimum Gasteiger partial charge on any atom is -0.382 e. The number of carbonyl (C=O) groups excluding carboxylic acids is 1. The van der Waals surface area contributed by atoms with Gasteiger partial charge in [0.1, 0.15) is 55.0 Å². The Morgan fingerprint density at radius 1 is 0.683 bits per heavy atom. The van der Waals surface area contributed by atoms with Crippen LogP contribution in [-0.2, 0) is 112 Å². The molecule has 0 bridgehead atoms. The number of nitrogens with one attached hydrogen (secondary N) is 4. The van der Waals surface area contributed by atoms with Crippen molar-refractivity contribution in [2.45, 2.75) is 184 Å². The van der Waals surface area contributed by atoms with Crippen LogP contribution in [0.3, 0.4) is 0 Å². The molecule has 5 saturated heterocycles. The summed E-state index contributed by atoms with van der Waals surface area (Å²) >= 11 is 24.6. The number of H-pyrrole nitrogens is 3. The van der Waals surface area contributed by atoms with Crippen LogP contribution < -0.4 is 44.8 Å². The molecule has 9 heterocycles. The van der Waals surface area contributed by atoms with E-state index in [1.165, 1.54) is 68.6 Å². The Kier molecular flexibility index (Phi) is 25.6. The second-order valence-corrected chi connectivity index (χ2v) is 41.1. The summed E-state index contributed by atoms with van der Waals surface area (Å²) in [6.07, 6.45) is -8.60. The van der Waals surface area contributed by atoms with Crippen LogP contribution in [0.25, 0.3) is 0 Å². The fourth-order valence-electron chi connectivity index (χ4n) is 13.0. The first-order valence-electron chi connectivity index (χ1n) is 33.0. The molecule has 6 fully saturated rings. The molecule has 43 heteroatoms. The maximum absolute atomic E-state index is 13.9. The van der Waals surface area contributed by atoms with Gasteiger partial charge in [0.15, 0.2) is 6.23 Å². The summed E-state index contributed by atoms with van der Waals surface area (Å²) in [4.78, 5) is 151. The van der Waals surface area contributed by atoms with E-state index in [2.05, 4.69) is 38.8 Å². The van der Waals surface area contributed by atoms with Crippen molar-refractivity contribution in [1.29, 1.82) is 0 Å². The van der Waals surface area contributed by atoms with Crippen molar-refractivity contribution in [2.24, 2.45) is 5.92 Å². The summed E-state index contributed by atoms with van der Waals surface area (Å²) in [7, 11) is 1.44. The van der Waals surface area contributed by atoms with Crippen LogP contribution in [0.15, 0.2) is 101 Å². The van der Waals surface area contributed by atoms with E-state index in [0.29, 0.717) is 17.5 Å². The molecule has 7 N–H and O–H groups in total. The number of aromatic amines is 3. The second-order valence-electron chi connectivity index (χ2n) is 26.2. The number of hydrogen-bond donors (Lipinski definition) is 7. The minimum atomic E-state index is -4.59. The molecule has 20 atom stereocenters. The van der Waals surface area contributed by atoms with Crippen molar-refractivity contribution >= 4 is 96.2 Å². The molecule has 6 aliphatic rings. The molecule has 1 aromatic carbocycles. The predicted octanol–water partition coefficient (Wildman–Crippen LogP) is 5.31. The van der Waals surface area contributed by atoms with Gasteiger partial charge in [0.25, 0.3) is 22.6 Å². The summed E-state index contributed by atoms with van der Waals surface area (Å²) in [6.45, 7) is 0.662. The van der Waals surface area contributed by atoms with E-state index in [1.54, 1.807) is 44.2 Å². The Hall–Kier alpha value is -4.38. The molecule has 570 valence electrons. The number of nitrogens with zero attached hydrogens (tertiary/aromatic N) is 5. The second kappa shape index (κ2) is 33.1. The van der Waals surface area contributed by atoms with E-state index >= 15 is 0 Å². The lowest BCUT2D eigenvalue weighted by Crippen LogP contribution is -2.41. The van der Waals surface area contributed by atoms with Crippen LogP contribution in [0.1, 0.15) is 123 Å². The first-order valence-corrected chi connectivity index (χ1v) is 44.8. The van der Waals surface area contributed by atoms with Gasteiger partial charge in [-0.05, 0) is 133 Å². The number of benzene rings is 1. The number of fused-ring (bicyclic) bond motifs is 1. The van der Waals surface area contributed by atoms with Gasteiger partial charge in [-0.15, -0.1) is 0 Å². The first-order chi connectivity index (χ1) is 49.0. The SMILES string of the molecule is C=C(C)[C@H]1CC[C@@]2(C)S[P@](=S)(O[C@@H]3C[C@H](n4cc(C)c(NC(=O)c5ccccc5)nc4=O)O[C@@H]3COP(O)(=S)O[C@@H]3C[C@H](n4cc(C)c(=O)[nH]c4=O)O[C@@H]3COP(O)(=S)O[C@@H]3C[C@H](n4cc(C)c(=O)[nH]c4=O)O[C@@H]3COP(O)(=S)O[C@@H]3C(OCCOC)[C@H](n4cc(C)c(=O)[nH]c4=O)O[C@@H]3CC)O[C@@H]2C1. The number of carbonyl (C=O) groups is 1. The van der Waals surface area contributed by atoms with E-state index in [9.17, 15) is 53.0 Å². The van der Waals surface area contributed by atoms with Crippen molar-refractivity contribution in [1.82, 2.24) is 38.2 Å². The van der Waals surface area contributed by atoms with Crippen molar-refractivity contribution in [2.75, 3.05) is 45.5 Å². The predicted molar refractivity (Wildman–Crippen MR) is 391 cm³/mol. The van der Waals surface area contributed by atoms with Gasteiger partial charge >= 0.3 is 42.9 Å². The minimum absolute atomic E-state index is 0.00837. The maximum atomic E-state index is 13.9. The summed E-state index contributed by atoms with van der Waals surface area (Å²) in [6, 6.07) is 8.38. The molecule has 1 amide bonds. The average Bonchev–Trinajstić information content (AvgIpc) is 1.61. The fourth-order valence-corrected chi connectivity index (χ4v) is 25.0. The number of allylic oxidation sites excluding steroid dienone is 1. The summed E-state index contributed by atoms with van der Waals surface area (Å²) in [5.74, 6) is -0.255. The van der Waals surface area contributed by atoms with Crippen molar-refractivity contribution in [3.05, 3.63) is 168 Å². The Morgan fingerprint density at radius 2 is 1.16 bits per heavy atom. The fraction of sp³-hybridized carbons (Fsp3) is 0.590. The number of hydrogen-bond acceptors (Lipinski definition) is 28. The quantitative estimate of drug-likeness (QED) is 0.0181. The highest BCUT2D eigenvalue weighted by atomic mass is 32.9. The zero-order chi connectivity index (χ0) is 75.1. The third-order valence-corrected chi connectivity index (χ3v) is 29.1. The Bertz CT molecular complexity index is 4700. The Balaban J connectivity index is 0.814. The topological polar surface area (TPSA) is 418 Å². The largest absolute Gasteiger partial charge is 0.382 e. The molecule has 1 aliphatic carbocycles. The lowest BCUT2D eigenvalue weighted by Gasteiger charge is -2.37. The lowest BCUT2D eigenvalue weighted by atomic mass is 9.77. The third kappa shape index (κ3) is 18.9. The van der Waals surface area contributed by atoms with Gasteiger partial charge in [0, 0.05) is 83.7 Å². The van der Waals surface area contributed by atoms with Gasteiger partial charge in [-0.25, -0.2) is 19.2 Å². The van der Waals surface area contributed by atoms with Gasteiger partial charge in [0.05, 0.1) is 63.6 Å². The van der Waals surface area contributed by atoms with Gasteiger partial charge in [0.2, 0.25) is 5.69 Å². The molecule has 4 unspecified atom stereocenters. The average molecular weight is 1620 g/mol. The highest BCUT2D eigenvalue weighted by molar-refractivity contribution is 8.68. The van der Waals surface area contributed by atoms with E-state index in [4.69, 9.17) is 112 Å². The molecule has 0 radical (unpaired) electrons. The van der Waals surface area contributed by atoms with Gasteiger partial charge in [-0.1, -0.05) is 48.7 Å². The number of anilines is 1. The number of aryl methyl sites for hydroxylation is 4. The standard InChI is InChI=1S/C61H81N9O25P4S5/c1-10-38-49(50(83-19-18-82-9)56(90-38)70-27-35(7)54(73)66-60(70)78)95-98(81,102)86-29-43-40(22-47(88-43)69-26-34(6)53(72)65-59(69)77)92-96(79,100)84-28-42-39(21-46(87-42)68-25-33(5)52(71)64-58(68)76)91-97(80,101)85-30-44-41(93-99(103)94-45-20-37(31(2)3)16-17-61(45,8)104-99)23-48(89-44)67-24-32(4)51(63-57(67)75)62-55(74)36-14-12-11-13-15-36/h11-15,24-27,37-50,56H,2,10,16-23,28-30H2,1,3-9H3,(H,79,100)(H,80,101)(H,81,102)(H,64,71,76)(H,65,72,77)(H,66,73,78)(H,62,63,74,75)/t37-,38+,39+,40+,41+,42+,43+,44+,45+,46+,47+,48+,49-,50?,56+,61+,96?,97?,98?,99+/m0/s1. The van der Waals surface area contributed by atoms with Crippen LogP contribution in [0.5, 0.6) is 0 Å². The molecule has 4 aromatic heterocycles. The van der Waals surface area contributed by atoms with E-state index in [1.807, 2.05) is 6.92 Å². The molecule has 11 rings (SSSR count). The molecule has 0 spiro atoms. The smallest absolute Gasteiger partial charge is 0.351 e. The molecule has 1 saturated carbocycles. The Labute approximate surface area is 618 Å². The van der Waals surface area contributed by atoms with E-state index in [0.717, 1.165) is 32.1 Å². The number of rotatable bonds is 29. The van der Waals surface area contributed by atoms with E-state index < -0.39 is 176 Å². The molecule has 5 aromatic rings. The van der Waals surface area contributed by atoms with Crippen LogP contribution >= 0.6 is 37.2 Å². The van der Waals surface area contributed by atoms with Crippen LogP contribution in [-0.4, -0.2) is 165 Å². The normalized spacial score (nSPS) is 31.5. The molecule has 104 heavy (non-hydrogen) atoms. The van der Waals surface area contributed by atoms with Crippen LogP contribution in [0.2, 0.25) is 0 Å². The molecule has 34 nitrogen and oxygen atoms in total. The van der Waals surface area contributed by atoms with Crippen molar-refractivity contribution in [3.63, 3.8) is 0 Å². The van der Waals surface area contributed by atoms with Crippen LogP contribution in [0.4, 0.5) is 5.82 Å². The molecular formula is C61H81N9O25P4S5. The Morgan fingerprint density at radius 3 is 1.68 bits per heavy atom. The molecular weight excluding hydrogens is 1540 g/mol. The zero-order valence-corrected chi connectivity index (χ0v) is 65.1. The lowest BCUT2D eigenvalue weighted by molar-refractivity contribution is -0.0796. The zero-order valence-electron chi connectivity index (χ0n) is 57.4. The third-order valence-electron chi connectivity index (χ3n) is 18.6. The highest BCUT2D eigenvalue weighted by Gasteiger charge is 2.56. The van der Waals surface area contributed by atoms with Gasteiger partial charge in [-0.3, -0.25) is 56.9 Å². The number of aromatic nitrogens is 8. The summed E-state index contributed by atoms with van der Waals surface area (Å²) in [5, 5.41) is 2.70. The van der Waals surface area contributed by atoms with Crippen LogP contribution in [0, 0.1) is 33.6 Å². The first kappa shape index (κ1) is 80.6. The highest BCUT2D eigenvalue weighted by Crippen LogP contribution is 2.76. The van der Waals surface area contributed by atoms with E-state index in [-0.39, 0.29) is 73.4 Å². The van der Waals surface area contributed by atoms with Gasteiger partial charge < -0.3 is 80.1 Å². The maximum Gasteiger partial charge on any atom is 0.351 e.